The van der Waals surface area contributed by atoms with Gasteiger partial charge in [-0.2, -0.15) is 0 Å². The van der Waals surface area contributed by atoms with E-state index in [0.717, 1.165) is 6.42 Å². The van der Waals surface area contributed by atoms with Crippen LogP contribution in [0.5, 0.6) is 0 Å². The summed E-state index contributed by atoms with van der Waals surface area (Å²) in [6, 6.07) is 0. The van der Waals surface area contributed by atoms with Crippen molar-refractivity contribution in [1.82, 2.24) is 0 Å². The standard InChI is InChI=1S/C18H28O/c1-2-3-12-18(13-8-5-9-14-18)15-16-19-17-10-6-4-7-11-17/h5,8-9,13,15-17H,2-4,6-7,10-12,14H2,1H3. The van der Waals surface area contributed by atoms with Crippen molar-refractivity contribution in [3.8, 4) is 0 Å². The molecule has 0 aromatic heterocycles. The van der Waals surface area contributed by atoms with Gasteiger partial charge in [0.25, 0.3) is 0 Å². The summed E-state index contributed by atoms with van der Waals surface area (Å²) >= 11 is 0. The van der Waals surface area contributed by atoms with E-state index < -0.39 is 0 Å². The molecule has 1 atom stereocenters. The number of rotatable bonds is 6. The summed E-state index contributed by atoms with van der Waals surface area (Å²) in [5.41, 5.74) is 0.208. The molecule has 0 bridgehead atoms. The largest absolute Gasteiger partial charge is 0.498 e. The van der Waals surface area contributed by atoms with Gasteiger partial charge in [0.15, 0.2) is 0 Å². The average Bonchev–Trinajstić information content (AvgIpc) is 2.47. The predicted molar refractivity (Wildman–Crippen MR) is 82.0 cm³/mol. The third kappa shape index (κ3) is 4.56. The van der Waals surface area contributed by atoms with Crippen LogP contribution in [0.1, 0.15) is 64.7 Å². The van der Waals surface area contributed by atoms with Crippen LogP contribution in [-0.4, -0.2) is 6.10 Å². The van der Waals surface area contributed by atoms with Gasteiger partial charge < -0.3 is 4.74 Å². The first-order valence-electron chi connectivity index (χ1n) is 8.02. The van der Waals surface area contributed by atoms with E-state index in [4.69, 9.17) is 4.74 Å². The highest BCUT2D eigenvalue weighted by atomic mass is 16.5. The van der Waals surface area contributed by atoms with Gasteiger partial charge in [-0.05, 0) is 44.6 Å². The van der Waals surface area contributed by atoms with Gasteiger partial charge in [-0.3, -0.25) is 0 Å². The quantitative estimate of drug-likeness (QED) is 0.569. The van der Waals surface area contributed by atoms with Crippen LogP contribution >= 0.6 is 0 Å². The Kier molecular flexibility index (Phi) is 5.75. The summed E-state index contributed by atoms with van der Waals surface area (Å²) in [7, 11) is 0. The molecule has 0 saturated heterocycles. The lowest BCUT2D eigenvalue weighted by Gasteiger charge is -2.28. The van der Waals surface area contributed by atoms with Crippen LogP contribution in [0.25, 0.3) is 0 Å². The molecule has 1 nitrogen and oxygen atoms in total. The minimum absolute atomic E-state index is 0.208. The Bertz CT molecular complexity index is 334. The molecular weight excluding hydrogens is 232 g/mol. The van der Waals surface area contributed by atoms with Crippen LogP contribution in [-0.2, 0) is 4.74 Å². The number of unbranched alkanes of at least 4 members (excludes halogenated alkanes) is 1. The monoisotopic (exact) mass is 260 g/mol. The topological polar surface area (TPSA) is 9.23 Å². The van der Waals surface area contributed by atoms with E-state index in [9.17, 15) is 0 Å². The lowest BCUT2D eigenvalue weighted by atomic mass is 9.77. The molecule has 19 heavy (non-hydrogen) atoms. The van der Waals surface area contributed by atoms with E-state index in [2.05, 4.69) is 37.3 Å². The van der Waals surface area contributed by atoms with Crippen LogP contribution in [0, 0.1) is 5.41 Å². The summed E-state index contributed by atoms with van der Waals surface area (Å²) in [6.45, 7) is 2.26. The average molecular weight is 260 g/mol. The molecule has 2 aliphatic carbocycles. The van der Waals surface area contributed by atoms with E-state index in [1.807, 2.05) is 6.26 Å². The van der Waals surface area contributed by atoms with Gasteiger partial charge in [-0.25, -0.2) is 0 Å². The van der Waals surface area contributed by atoms with Crippen molar-refractivity contribution < 1.29 is 4.74 Å². The first-order chi connectivity index (χ1) is 9.35. The SMILES string of the molecule is CCCCC1(C=COC2CCCCC2)C=CC=CC1. The summed E-state index contributed by atoms with van der Waals surface area (Å²) in [5.74, 6) is 0. The van der Waals surface area contributed by atoms with Crippen LogP contribution in [0.15, 0.2) is 36.6 Å². The van der Waals surface area contributed by atoms with Crippen LogP contribution in [0.2, 0.25) is 0 Å². The Labute approximate surface area is 118 Å². The number of allylic oxidation sites excluding steroid dienone is 5. The fraction of sp³-hybridized carbons (Fsp3) is 0.667. The molecule has 0 amide bonds. The second-order valence-electron chi connectivity index (χ2n) is 6.03. The van der Waals surface area contributed by atoms with Crippen LogP contribution in [0.3, 0.4) is 0 Å². The molecule has 0 N–H and O–H groups in total. The summed E-state index contributed by atoms with van der Waals surface area (Å²) < 4.78 is 5.95. The van der Waals surface area contributed by atoms with Crippen molar-refractivity contribution in [1.29, 1.82) is 0 Å². The van der Waals surface area contributed by atoms with Crippen molar-refractivity contribution in [2.45, 2.75) is 70.8 Å². The molecule has 106 valence electrons. The first kappa shape index (κ1) is 14.4. The highest BCUT2D eigenvalue weighted by Gasteiger charge is 2.23. The molecule has 0 aliphatic heterocycles. The highest BCUT2D eigenvalue weighted by Crippen LogP contribution is 2.35. The van der Waals surface area contributed by atoms with Gasteiger partial charge >= 0.3 is 0 Å². The van der Waals surface area contributed by atoms with Gasteiger partial charge in [0.1, 0.15) is 0 Å². The van der Waals surface area contributed by atoms with Crippen molar-refractivity contribution >= 4 is 0 Å². The van der Waals surface area contributed by atoms with E-state index in [0.29, 0.717) is 6.10 Å². The second-order valence-corrected chi connectivity index (χ2v) is 6.03. The van der Waals surface area contributed by atoms with Crippen molar-refractivity contribution in [2.24, 2.45) is 5.41 Å². The number of hydrogen-bond acceptors (Lipinski definition) is 1. The zero-order chi connectivity index (χ0) is 13.4. The molecule has 1 fully saturated rings. The number of hydrogen-bond donors (Lipinski definition) is 0. The van der Waals surface area contributed by atoms with E-state index in [1.165, 1.54) is 51.4 Å². The van der Waals surface area contributed by atoms with Gasteiger partial charge in [0.05, 0.1) is 12.4 Å². The second kappa shape index (κ2) is 7.57. The maximum Gasteiger partial charge on any atom is 0.0978 e. The Morgan fingerprint density at radius 1 is 1.21 bits per heavy atom. The molecule has 2 rings (SSSR count). The maximum absolute atomic E-state index is 5.95. The summed E-state index contributed by atoms with van der Waals surface area (Å²) in [5, 5.41) is 0. The normalized spacial score (nSPS) is 28.1. The summed E-state index contributed by atoms with van der Waals surface area (Å²) in [4.78, 5) is 0. The Hall–Kier alpha value is -0.980. The Morgan fingerprint density at radius 3 is 2.74 bits per heavy atom. The van der Waals surface area contributed by atoms with Crippen LogP contribution < -0.4 is 0 Å². The maximum atomic E-state index is 5.95. The molecule has 0 aromatic carbocycles. The highest BCUT2D eigenvalue weighted by molar-refractivity contribution is 5.22. The van der Waals surface area contributed by atoms with Gasteiger partial charge in [-0.15, -0.1) is 0 Å². The van der Waals surface area contributed by atoms with Crippen molar-refractivity contribution in [3.63, 3.8) is 0 Å². The third-order valence-electron chi connectivity index (χ3n) is 4.39. The molecule has 1 unspecified atom stereocenters. The third-order valence-corrected chi connectivity index (χ3v) is 4.39. The zero-order valence-electron chi connectivity index (χ0n) is 12.3. The van der Waals surface area contributed by atoms with Crippen LogP contribution in [0.4, 0.5) is 0 Å². The fourth-order valence-corrected chi connectivity index (χ4v) is 3.07. The lowest BCUT2D eigenvalue weighted by molar-refractivity contribution is 0.104. The van der Waals surface area contributed by atoms with Gasteiger partial charge in [0.2, 0.25) is 0 Å². The van der Waals surface area contributed by atoms with Crippen molar-refractivity contribution in [3.05, 3.63) is 36.6 Å². The molecular formula is C18H28O. The van der Waals surface area contributed by atoms with Gasteiger partial charge in [-0.1, -0.05) is 50.5 Å². The minimum atomic E-state index is 0.208. The first-order valence-corrected chi connectivity index (χ1v) is 8.02. The van der Waals surface area contributed by atoms with Crippen molar-refractivity contribution in [2.75, 3.05) is 0 Å². The molecule has 1 heteroatoms. The Morgan fingerprint density at radius 2 is 2.05 bits per heavy atom. The number of ether oxygens (including phenoxy) is 1. The molecule has 2 aliphatic rings. The zero-order valence-corrected chi connectivity index (χ0v) is 12.3. The van der Waals surface area contributed by atoms with E-state index in [-0.39, 0.29) is 5.41 Å². The minimum Gasteiger partial charge on any atom is -0.498 e. The molecule has 0 radical (unpaired) electrons. The molecule has 0 spiro atoms. The van der Waals surface area contributed by atoms with E-state index in [1.54, 1.807) is 0 Å². The summed E-state index contributed by atoms with van der Waals surface area (Å²) in [6.07, 6.45) is 25.2. The van der Waals surface area contributed by atoms with Gasteiger partial charge in [0, 0.05) is 5.41 Å². The predicted octanol–water partition coefficient (Wildman–Crippen LogP) is 5.54. The molecule has 0 heterocycles. The smallest absolute Gasteiger partial charge is 0.0978 e. The van der Waals surface area contributed by atoms with E-state index >= 15 is 0 Å². The molecule has 0 aromatic rings. The lowest BCUT2D eigenvalue weighted by Crippen LogP contribution is -2.17. The fourth-order valence-electron chi connectivity index (χ4n) is 3.07. The Balaban J connectivity index is 1.87. The molecule has 1 saturated carbocycles.